The van der Waals surface area contributed by atoms with Gasteiger partial charge in [-0.05, 0) is 37.1 Å². The number of alkyl halides is 3. The molecular weight excluding hydrogens is 413 g/mol. The van der Waals surface area contributed by atoms with Gasteiger partial charge in [-0.25, -0.2) is 4.79 Å². The van der Waals surface area contributed by atoms with Crippen LogP contribution in [0.25, 0.3) is 0 Å². The summed E-state index contributed by atoms with van der Waals surface area (Å²) in [5.74, 6) is -2.63. The van der Waals surface area contributed by atoms with E-state index < -0.39 is 47.9 Å². The lowest BCUT2D eigenvalue weighted by Gasteiger charge is -2.21. The molecule has 0 bridgehead atoms. The summed E-state index contributed by atoms with van der Waals surface area (Å²) in [5.41, 5.74) is -0.226. The van der Waals surface area contributed by atoms with Crippen LogP contribution in [0.2, 0.25) is 0 Å². The molecule has 9 heteroatoms. The van der Waals surface area contributed by atoms with Crippen LogP contribution in [0, 0.1) is 12.8 Å². The molecule has 0 fully saturated rings. The average molecular weight is 436 g/mol. The van der Waals surface area contributed by atoms with E-state index >= 15 is 0 Å². The highest BCUT2D eigenvalue weighted by Crippen LogP contribution is 2.34. The van der Waals surface area contributed by atoms with Gasteiger partial charge in [0.15, 0.2) is 6.61 Å². The number of aryl methyl sites for hydroxylation is 1. The van der Waals surface area contributed by atoms with Crippen LogP contribution in [0.15, 0.2) is 48.5 Å². The van der Waals surface area contributed by atoms with Crippen molar-refractivity contribution < 1.29 is 32.3 Å². The molecule has 0 saturated heterocycles. The Labute approximate surface area is 177 Å². The van der Waals surface area contributed by atoms with E-state index in [2.05, 4.69) is 10.6 Å². The lowest BCUT2D eigenvalue weighted by atomic mass is 10.0. The minimum Gasteiger partial charge on any atom is -0.454 e. The molecule has 0 heterocycles. The van der Waals surface area contributed by atoms with E-state index in [4.69, 9.17) is 4.74 Å². The Bertz CT molecular complexity index is 958. The summed E-state index contributed by atoms with van der Waals surface area (Å²) in [4.78, 5) is 36.9. The molecular formula is C22H23F3N2O4. The molecule has 2 rings (SSSR count). The van der Waals surface area contributed by atoms with E-state index in [1.807, 2.05) is 13.0 Å². The number of hydrogen-bond acceptors (Lipinski definition) is 4. The second-order valence-electron chi connectivity index (χ2n) is 7.26. The molecule has 2 aromatic carbocycles. The summed E-state index contributed by atoms with van der Waals surface area (Å²) in [6.45, 7) is 4.39. The van der Waals surface area contributed by atoms with E-state index in [0.29, 0.717) is 5.56 Å². The monoisotopic (exact) mass is 436 g/mol. The molecule has 0 radical (unpaired) electrons. The van der Waals surface area contributed by atoms with E-state index in [0.717, 1.165) is 17.7 Å². The van der Waals surface area contributed by atoms with Crippen LogP contribution < -0.4 is 10.6 Å². The highest BCUT2D eigenvalue weighted by atomic mass is 19.4. The molecule has 2 aromatic rings. The second kappa shape index (κ2) is 10.1. The number of anilines is 1. The second-order valence-corrected chi connectivity index (χ2v) is 7.26. The Balaban J connectivity index is 1.99. The van der Waals surface area contributed by atoms with Crippen molar-refractivity contribution >= 4 is 23.5 Å². The molecule has 166 valence electrons. The van der Waals surface area contributed by atoms with Gasteiger partial charge < -0.3 is 15.4 Å². The highest BCUT2D eigenvalue weighted by Gasteiger charge is 2.33. The SMILES string of the molecule is Cc1cccc(C(=O)N[C@@H](C(=O)OCC(=O)Nc2ccccc2C(F)(F)F)C(C)C)c1. The van der Waals surface area contributed by atoms with Crippen LogP contribution in [-0.4, -0.2) is 30.4 Å². The number of hydrogen-bond donors (Lipinski definition) is 2. The van der Waals surface area contributed by atoms with E-state index in [-0.39, 0.29) is 5.92 Å². The van der Waals surface area contributed by atoms with Crippen molar-refractivity contribution in [3.8, 4) is 0 Å². The molecule has 0 spiro atoms. The Morgan fingerprint density at radius 3 is 2.32 bits per heavy atom. The minimum absolute atomic E-state index is 0.352. The van der Waals surface area contributed by atoms with Crippen molar-refractivity contribution in [3.63, 3.8) is 0 Å². The number of carbonyl (C=O) groups excluding carboxylic acids is 3. The molecule has 0 aliphatic rings. The number of nitrogens with one attached hydrogen (secondary N) is 2. The number of halogens is 3. The van der Waals surface area contributed by atoms with Gasteiger partial charge >= 0.3 is 12.1 Å². The van der Waals surface area contributed by atoms with Crippen molar-refractivity contribution in [1.82, 2.24) is 5.32 Å². The van der Waals surface area contributed by atoms with E-state index in [1.165, 1.54) is 12.1 Å². The van der Waals surface area contributed by atoms with Crippen molar-refractivity contribution in [1.29, 1.82) is 0 Å². The zero-order valence-electron chi connectivity index (χ0n) is 17.2. The van der Waals surface area contributed by atoms with Crippen LogP contribution in [0.4, 0.5) is 18.9 Å². The minimum atomic E-state index is -4.65. The fourth-order valence-electron chi connectivity index (χ4n) is 2.76. The summed E-state index contributed by atoms with van der Waals surface area (Å²) in [5, 5.41) is 4.66. The molecule has 1 atom stereocenters. The molecule has 0 unspecified atom stereocenters. The molecule has 2 N–H and O–H groups in total. The number of carbonyl (C=O) groups is 3. The first-order valence-corrected chi connectivity index (χ1v) is 9.49. The first-order valence-electron chi connectivity index (χ1n) is 9.49. The van der Waals surface area contributed by atoms with Crippen LogP contribution in [0.3, 0.4) is 0 Å². The van der Waals surface area contributed by atoms with Crippen molar-refractivity contribution in [3.05, 3.63) is 65.2 Å². The predicted molar refractivity (Wildman–Crippen MR) is 108 cm³/mol. The molecule has 0 aliphatic carbocycles. The molecule has 0 aliphatic heterocycles. The van der Waals surface area contributed by atoms with Crippen LogP contribution >= 0.6 is 0 Å². The van der Waals surface area contributed by atoms with Crippen molar-refractivity contribution in [2.45, 2.75) is 33.0 Å². The third-order valence-corrected chi connectivity index (χ3v) is 4.34. The Morgan fingerprint density at radius 1 is 1.03 bits per heavy atom. The third kappa shape index (κ3) is 6.84. The first-order chi connectivity index (χ1) is 14.5. The lowest BCUT2D eigenvalue weighted by Crippen LogP contribution is -2.46. The summed E-state index contributed by atoms with van der Waals surface area (Å²) >= 11 is 0. The van der Waals surface area contributed by atoms with Crippen LogP contribution in [0.1, 0.15) is 35.3 Å². The number of amides is 2. The lowest BCUT2D eigenvalue weighted by molar-refractivity contribution is -0.150. The topological polar surface area (TPSA) is 84.5 Å². The van der Waals surface area contributed by atoms with Gasteiger partial charge in [0.25, 0.3) is 11.8 Å². The predicted octanol–water partition coefficient (Wildman–Crippen LogP) is 3.95. The maximum absolute atomic E-state index is 13.0. The van der Waals surface area contributed by atoms with Crippen molar-refractivity contribution in [2.75, 3.05) is 11.9 Å². The number of esters is 1. The number of para-hydroxylation sites is 1. The fraction of sp³-hybridized carbons (Fsp3) is 0.318. The number of ether oxygens (including phenoxy) is 1. The van der Waals surface area contributed by atoms with Gasteiger partial charge in [-0.2, -0.15) is 13.2 Å². The molecule has 0 aromatic heterocycles. The van der Waals surface area contributed by atoms with Gasteiger partial charge in [-0.1, -0.05) is 43.7 Å². The first kappa shape index (κ1) is 23.9. The Kier molecular flexibility index (Phi) is 7.79. The van der Waals surface area contributed by atoms with Gasteiger partial charge in [0.05, 0.1) is 11.3 Å². The van der Waals surface area contributed by atoms with Gasteiger partial charge in [0.2, 0.25) is 0 Å². The van der Waals surface area contributed by atoms with Crippen LogP contribution in [-0.2, 0) is 20.5 Å². The molecule has 2 amide bonds. The Morgan fingerprint density at radius 2 is 1.71 bits per heavy atom. The van der Waals surface area contributed by atoms with E-state index in [1.54, 1.807) is 32.0 Å². The fourth-order valence-corrected chi connectivity index (χ4v) is 2.76. The van der Waals surface area contributed by atoms with Crippen molar-refractivity contribution in [2.24, 2.45) is 5.92 Å². The quantitative estimate of drug-likeness (QED) is 0.644. The number of rotatable bonds is 7. The van der Waals surface area contributed by atoms with Gasteiger partial charge in [0.1, 0.15) is 6.04 Å². The van der Waals surface area contributed by atoms with Crippen LogP contribution in [0.5, 0.6) is 0 Å². The standard InChI is InChI=1S/C22H23F3N2O4/c1-13(2)19(27-20(29)15-8-6-7-14(3)11-15)21(30)31-12-18(28)26-17-10-5-4-9-16(17)22(23,24)25/h4-11,13,19H,12H2,1-3H3,(H,26,28)(H,27,29)/t19-/m1/s1. The van der Waals surface area contributed by atoms with E-state index in [9.17, 15) is 27.6 Å². The normalized spacial score (nSPS) is 12.2. The maximum atomic E-state index is 13.0. The molecule has 31 heavy (non-hydrogen) atoms. The summed E-state index contributed by atoms with van der Waals surface area (Å²) in [6.07, 6.45) is -4.65. The molecule has 0 saturated carbocycles. The van der Waals surface area contributed by atoms with Gasteiger partial charge in [-0.3, -0.25) is 9.59 Å². The summed E-state index contributed by atoms with van der Waals surface area (Å²) in [7, 11) is 0. The molecule has 6 nitrogen and oxygen atoms in total. The zero-order chi connectivity index (χ0) is 23.2. The Hall–Kier alpha value is -3.36. The summed E-state index contributed by atoms with van der Waals surface area (Å²) in [6, 6.07) is 10.2. The third-order valence-electron chi connectivity index (χ3n) is 4.34. The largest absolute Gasteiger partial charge is 0.454 e. The van der Waals surface area contributed by atoms with Gasteiger partial charge in [0, 0.05) is 5.56 Å². The maximum Gasteiger partial charge on any atom is 0.418 e. The zero-order valence-corrected chi connectivity index (χ0v) is 17.2. The highest BCUT2D eigenvalue weighted by molar-refractivity contribution is 5.98. The summed E-state index contributed by atoms with van der Waals surface area (Å²) < 4.78 is 44.0. The van der Waals surface area contributed by atoms with Gasteiger partial charge in [-0.15, -0.1) is 0 Å². The smallest absolute Gasteiger partial charge is 0.418 e. The number of benzene rings is 2. The average Bonchev–Trinajstić information content (AvgIpc) is 2.69.